The summed E-state index contributed by atoms with van der Waals surface area (Å²) in [6, 6.07) is 20.0. The van der Waals surface area contributed by atoms with Crippen LogP contribution in [0.15, 0.2) is 54.6 Å². The van der Waals surface area contributed by atoms with E-state index >= 15 is 0 Å². The number of anilines is 2. The van der Waals surface area contributed by atoms with Gasteiger partial charge in [0.2, 0.25) is 0 Å². The summed E-state index contributed by atoms with van der Waals surface area (Å²) in [6.45, 7) is 3.16. The van der Waals surface area contributed by atoms with Crippen LogP contribution in [0, 0.1) is 0 Å². The fourth-order valence-corrected chi connectivity index (χ4v) is 2.99. The van der Waals surface area contributed by atoms with Crippen molar-refractivity contribution in [1.29, 1.82) is 0 Å². The van der Waals surface area contributed by atoms with E-state index in [1.54, 1.807) is 0 Å². The summed E-state index contributed by atoms with van der Waals surface area (Å²) in [5.41, 5.74) is 3.88. The fourth-order valence-electron chi connectivity index (χ4n) is 2.99. The van der Waals surface area contributed by atoms with E-state index in [4.69, 9.17) is 0 Å². The Kier molecular flexibility index (Phi) is 4.41. The zero-order chi connectivity index (χ0) is 14.5. The molecule has 1 fully saturated rings. The number of nitrogens with one attached hydrogen (secondary N) is 2. The Morgan fingerprint density at radius 3 is 2.57 bits per heavy atom. The van der Waals surface area contributed by atoms with E-state index in [9.17, 15) is 0 Å². The molecule has 0 saturated carbocycles. The SMILES string of the molecule is CNc1ccc(N2CCNCC2Cc2ccccc2)cc1. The molecule has 1 aliphatic heterocycles. The number of piperazine rings is 1. The van der Waals surface area contributed by atoms with Crippen molar-refractivity contribution < 1.29 is 0 Å². The Bertz CT molecular complexity index is 550. The van der Waals surface area contributed by atoms with Crippen LogP contribution in [0.5, 0.6) is 0 Å². The van der Waals surface area contributed by atoms with Gasteiger partial charge < -0.3 is 15.5 Å². The van der Waals surface area contributed by atoms with Crippen LogP contribution >= 0.6 is 0 Å². The summed E-state index contributed by atoms with van der Waals surface area (Å²) in [5.74, 6) is 0. The minimum atomic E-state index is 0.515. The van der Waals surface area contributed by atoms with Crippen molar-refractivity contribution in [3.8, 4) is 0 Å². The molecule has 2 aromatic carbocycles. The Balaban J connectivity index is 1.77. The minimum absolute atomic E-state index is 0.515. The van der Waals surface area contributed by atoms with Gasteiger partial charge in [-0.15, -0.1) is 0 Å². The molecule has 3 heteroatoms. The van der Waals surface area contributed by atoms with Gasteiger partial charge >= 0.3 is 0 Å². The second-order valence-corrected chi connectivity index (χ2v) is 5.54. The van der Waals surface area contributed by atoms with Gasteiger partial charge in [-0.25, -0.2) is 0 Å². The van der Waals surface area contributed by atoms with Crippen LogP contribution in [0.2, 0.25) is 0 Å². The van der Waals surface area contributed by atoms with Gasteiger partial charge in [-0.05, 0) is 36.2 Å². The van der Waals surface area contributed by atoms with Crippen LogP contribution in [0.25, 0.3) is 0 Å². The van der Waals surface area contributed by atoms with Crippen LogP contribution in [-0.4, -0.2) is 32.7 Å². The molecular formula is C18H23N3. The zero-order valence-electron chi connectivity index (χ0n) is 12.5. The van der Waals surface area contributed by atoms with Crippen LogP contribution < -0.4 is 15.5 Å². The van der Waals surface area contributed by atoms with Gasteiger partial charge in [0.25, 0.3) is 0 Å². The van der Waals surface area contributed by atoms with Gasteiger partial charge in [-0.3, -0.25) is 0 Å². The van der Waals surface area contributed by atoms with E-state index in [1.807, 2.05) is 7.05 Å². The number of nitrogens with zero attached hydrogens (tertiary/aromatic N) is 1. The number of benzene rings is 2. The Morgan fingerprint density at radius 2 is 1.86 bits per heavy atom. The molecule has 2 aromatic rings. The molecule has 110 valence electrons. The second-order valence-electron chi connectivity index (χ2n) is 5.54. The van der Waals surface area contributed by atoms with Gasteiger partial charge in [-0.1, -0.05) is 30.3 Å². The highest BCUT2D eigenvalue weighted by molar-refractivity contribution is 5.56. The monoisotopic (exact) mass is 281 g/mol. The van der Waals surface area contributed by atoms with Gasteiger partial charge in [0, 0.05) is 44.1 Å². The Labute approximate surface area is 127 Å². The van der Waals surface area contributed by atoms with Gasteiger partial charge in [-0.2, -0.15) is 0 Å². The summed E-state index contributed by atoms with van der Waals surface area (Å²) in [7, 11) is 1.96. The van der Waals surface area contributed by atoms with Gasteiger partial charge in [0.05, 0.1) is 0 Å². The molecule has 0 bridgehead atoms. The largest absolute Gasteiger partial charge is 0.388 e. The first kappa shape index (κ1) is 14.0. The number of rotatable bonds is 4. The summed E-state index contributed by atoms with van der Waals surface area (Å²) in [5, 5.41) is 6.70. The zero-order valence-corrected chi connectivity index (χ0v) is 12.5. The first-order valence-electron chi connectivity index (χ1n) is 7.66. The normalized spacial score (nSPS) is 18.5. The maximum atomic E-state index is 3.52. The summed E-state index contributed by atoms with van der Waals surface area (Å²) in [6.07, 6.45) is 1.08. The highest BCUT2D eigenvalue weighted by Crippen LogP contribution is 2.22. The molecular weight excluding hydrogens is 258 g/mol. The molecule has 1 saturated heterocycles. The van der Waals surface area contributed by atoms with Crippen molar-refractivity contribution in [1.82, 2.24) is 5.32 Å². The first-order valence-corrected chi connectivity index (χ1v) is 7.66. The quantitative estimate of drug-likeness (QED) is 0.902. The molecule has 1 aliphatic rings. The predicted molar refractivity (Wildman–Crippen MR) is 90.1 cm³/mol. The summed E-state index contributed by atoms with van der Waals surface area (Å²) >= 11 is 0. The first-order chi connectivity index (χ1) is 10.4. The van der Waals surface area contributed by atoms with E-state index in [-0.39, 0.29) is 0 Å². The third-order valence-corrected chi connectivity index (χ3v) is 4.15. The van der Waals surface area contributed by atoms with E-state index in [0.717, 1.165) is 31.7 Å². The van der Waals surface area contributed by atoms with Crippen molar-refractivity contribution in [2.45, 2.75) is 12.5 Å². The average Bonchev–Trinajstić information content (AvgIpc) is 2.56. The standard InChI is InChI=1S/C18H23N3/c1-19-16-7-9-17(10-8-16)21-12-11-20-14-18(21)13-15-5-3-2-4-6-15/h2-10,18-20H,11-14H2,1H3. The molecule has 0 radical (unpaired) electrons. The summed E-state index contributed by atoms with van der Waals surface area (Å²) in [4.78, 5) is 2.53. The van der Waals surface area contributed by atoms with Crippen molar-refractivity contribution in [2.75, 3.05) is 36.9 Å². The Morgan fingerprint density at radius 1 is 1.10 bits per heavy atom. The Hall–Kier alpha value is -2.00. The van der Waals surface area contributed by atoms with Crippen molar-refractivity contribution in [3.05, 3.63) is 60.2 Å². The molecule has 1 unspecified atom stereocenters. The van der Waals surface area contributed by atoms with Crippen molar-refractivity contribution in [3.63, 3.8) is 0 Å². The molecule has 3 nitrogen and oxygen atoms in total. The molecule has 1 atom stereocenters. The van der Waals surface area contributed by atoms with Crippen LogP contribution in [0.1, 0.15) is 5.56 Å². The summed E-state index contributed by atoms with van der Waals surface area (Å²) < 4.78 is 0. The maximum Gasteiger partial charge on any atom is 0.0455 e. The third kappa shape index (κ3) is 3.37. The average molecular weight is 281 g/mol. The number of hydrogen-bond donors (Lipinski definition) is 2. The van der Waals surface area contributed by atoms with Crippen LogP contribution in [0.4, 0.5) is 11.4 Å². The molecule has 2 N–H and O–H groups in total. The second kappa shape index (κ2) is 6.64. The highest BCUT2D eigenvalue weighted by Gasteiger charge is 2.22. The lowest BCUT2D eigenvalue weighted by atomic mass is 10.0. The van der Waals surface area contributed by atoms with Crippen LogP contribution in [0.3, 0.4) is 0 Å². The van der Waals surface area contributed by atoms with E-state index < -0.39 is 0 Å². The lowest BCUT2D eigenvalue weighted by Gasteiger charge is -2.38. The van der Waals surface area contributed by atoms with Crippen molar-refractivity contribution in [2.24, 2.45) is 0 Å². The van der Waals surface area contributed by atoms with E-state index in [0.29, 0.717) is 6.04 Å². The molecule has 0 amide bonds. The third-order valence-electron chi connectivity index (χ3n) is 4.15. The van der Waals surface area contributed by atoms with E-state index in [2.05, 4.69) is 70.1 Å². The molecule has 1 heterocycles. The molecule has 21 heavy (non-hydrogen) atoms. The molecule has 3 rings (SSSR count). The van der Waals surface area contributed by atoms with Crippen LogP contribution in [-0.2, 0) is 6.42 Å². The smallest absolute Gasteiger partial charge is 0.0455 e. The number of hydrogen-bond acceptors (Lipinski definition) is 3. The van der Waals surface area contributed by atoms with Gasteiger partial charge in [0.1, 0.15) is 0 Å². The maximum absolute atomic E-state index is 3.52. The lowest BCUT2D eigenvalue weighted by molar-refractivity contribution is 0.473. The van der Waals surface area contributed by atoms with Gasteiger partial charge in [0.15, 0.2) is 0 Å². The lowest BCUT2D eigenvalue weighted by Crippen LogP contribution is -2.52. The highest BCUT2D eigenvalue weighted by atomic mass is 15.2. The van der Waals surface area contributed by atoms with Crippen molar-refractivity contribution >= 4 is 11.4 Å². The molecule has 0 aliphatic carbocycles. The predicted octanol–water partition coefficient (Wildman–Crippen LogP) is 2.75. The minimum Gasteiger partial charge on any atom is -0.388 e. The fraction of sp³-hybridized carbons (Fsp3) is 0.333. The topological polar surface area (TPSA) is 27.3 Å². The molecule has 0 spiro atoms. The van der Waals surface area contributed by atoms with E-state index in [1.165, 1.54) is 11.3 Å². The molecule has 0 aromatic heterocycles.